The summed E-state index contributed by atoms with van der Waals surface area (Å²) in [6.45, 7) is 9.93. The highest BCUT2D eigenvalue weighted by molar-refractivity contribution is 7.98. The number of amides is 1. The minimum atomic E-state index is -0.122. The Morgan fingerprint density at radius 3 is 2.76 bits per heavy atom. The van der Waals surface area contributed by atoms with Crippen molar-refractivity contribution in [3.63, 3.8) is 0 Å². The predicted octanol–water partition coefficient (Wildman–Crippen LogP) is 1.54. The molecule has 0 unspecified atom stereocenters. The van der Waals surface area contributed by atoms with Crippen molar-refractivity contribution in [2.24, 2.45) is 0 Å². The molecule has 3 heterocycles. The fourth-order valence-electron chi connectivity index (χ4n) is 3.47. The first-order valence-electron chi connectivity index (χ1n) is 10.6. The second kappa shape index (κ2) is 9.17. The van der Waals surface area contributed by atoms with E-state index < -0.39 is 0 Å². The third kappa shape index (κ3) is 5.30. The minimum Gasteiger partial charge on any atom is -0.455 e. The second-order valence-electron chi connectivity index (χ2n) is 7.75. The summed E-state index contributed by atoms with van der Waals surface area (Å²) in [5, 5.41) is 3.72. The van der Waals surface area contributed by atoms with Gasteiger partial charge in [-0.05, 0) is 38.3 Å². The van der Waals surface area contributed by atoms with E-state index in [-0.39, 0.29) is 5.91 Å². The Kier molecular flexibility index (Phi) is 6.40. The van der Waals surface area contributed by atoms with Gasteiger partial charge in [0.1, 0.15) is 11.6 Å². The number of aryl methyl sites for hydroxylation is 1. The zero-order chi connectivity index (χ0) is 20.2. The molecule has 0 aromatic carbocycles. The molecular weight excluding hydrogens is 386 g/mol. The highest BCUT2D eigenvalue weighted by atomic mass is 32.2. The number of hydrogen-bond donors (Lipinski definition) is 2. The summed E-state index contributed by atoms with van der Waals surface area (Å²) in [5.74, 6) is 2.66. The van der Waals surface area contributed by atoms with Crippen LogP contribution in [0, 0.1) is 0 Å². The minimum absolute atomic E-state index is 0.122. The van der Waals surface area contributed by atoms with Crippen LogP contribution in [0.5, 0.6) is 0 Å². The van der Waals surface area contributed by atoms with Crippen LogP contribution in [-0.4, -0.2) is 54.6 Å². The molecule has 2 aromatic heterocycles. The number of carbonyl (C=O) groups excluding carboxylic acids is 1. The molecule has 0 radical (unpaired) electrons. The van der Waals surface area contributed by atoms with Crippen molar-refractivity contribution in [3.05, 3.63) is 35.4 Å². The quantitative estimate of drug-likeness (QED) is 0.502. The number of anilines is 1. The van der Waals surface area contributed by atoms with Crippen LogP contribution in [0.15, 0.2) is 27.8 Å². The van der Waals surface area contributed by atoms with Gasteiger partial charge < -0.3 is 19.5 Å². The van der Waals surface area contributed by atoms with Crippen molar-refractivity contribution < 1.29 is 14.1 Å². The maximum absolute atomic E-state index is 12.1. The summed E-state index contributed by atoms with van der Waals surface area (Å²) in [4.78, 5) is 25.6. The second-order valence-corrected chi connectivity index (χ2v) is 8.69. The lowest BCUT2D eigenvalue weighted by Gasteiger charge is -2.32. The van der Waals surface area contributed by atoms with Crippen LogP contribution in [0.1, 0.15) is 48.7 Å². The summed E-state index contributed by atoms with van der Waals surface area (Å²) >= 11 is 1.56. The predicted molar refractivity (Wildman–Crippen MR) is 114 cm³/mol. The number of quaternary nitrogens is 1. The molecule has 2 fully saturated rings. The Balaban J connectivity index is 1.39. The zero-order valence-electron chi connectivity index (χ0n) is 17.2. The molecule has 0 bridgehead atoms. The average molecular weight is 417 g/mol. The fraction of sp³-hybridized carbons (Fsp3) is 0.571. The molecule has 1 saturated heterocycles. The molecule has 1 saturated carbocycles. The van der Waals surface area contributed by atoms with E-state index in [1.807, 2.05) is 6.07 Å². The highest BCUT2D eigenvalue weighted by Crippen LogP contribution is 2.25. The lowest BCUT2D eigenvalue weighted by Crippen LogP contribution is -3.14. The number of aromatic nitrogens is 2. The molecular formula is C21H30N5O2S+. The number of piperazine rings is 1. The third-order valence-electron chi connectivity index (χ3n) is 5.54. The lowest BCUT2D eigenvalue weighted by molar-refractivity contribution is -0.898. The summed E-state index contributed by atoms with van der Waals surface area (Å²) < 4.78 is 5.72. The normalized spacial score (nSPS) is 17.5. The maximum atomic E-state index is 12.1. The van der Waals surface area contributed by atoms with Crippen molar-refractivity contribution in [2.45, 2.75) is 50.1 Å². The van der Waals surface area contributed by atoms with E-state index in [1.54, 1.807) is 22.7 Å². The molecule has 1 amide bonds. The Labute approximate surface area is 176 Å². The smallest absolute Gasteiger partial charge is 0.287 e. The van der Waals surface area contributed by atoms with Gasteiger partial charge in [-0.1, -0.05) is 18.7 Å². The summed E-state index contributed by atoms with van der Waals surface area (Å²) in [6, 6.07) is 6.06. The standard InChI is InChI=1S/C21H29N5O2S/c1-3-15-13-19(26-11-9-25(4-2)10-12-26)24-21(23-15)29-14-17-7-8-18(28-17)20(27)22-16-5-6-16/h7-8,13,16H,3-6,9-12,14H2,1-2H3,(H,22,27)/p+1. The number of likely N-dealkylation sites (N-methyl/N-ethyl adjacent to an activating group) is 1. The SMILES string of the molecule is CCc1cc(N2CC[NH+](CC)CC2)nc(SCc2ccc(C(=O)NC3CC3)o2)n1. The number of carbonyl (C=O) groups is 1. The van der Waals surface area contributed by atoms with Crippen molar-refractivity contribution >= 4 is 23.5 Å². The van der Waals surface area contributed by atoms with Gasteiger partial charge in [-0.25, -0.2) is 9.97 Å². The van der Waals surface area contributed by atoms with Crippen LogP contribution < -0.4 is 15.1 Å². The lowest BCUT2D eigenvalue weighted by atomic mass is 10.2. The van der Waals surface area contributed by atoms with Crippen molar-refractivity contribution in [1.29, 1.82) is 0 Å². The van der Waals surface area contributed by atoms with Gasteiger partial charge in [-0.15, -0.1) is 0 Å². The third-order valence-corrected chi connectivity index (χ3v) is 6.41. The van der Waals surface area contributed by atoms with Gasteiger partial charge in [0, 0.05) is 17.8 Å². The van der Waals surface area contributed by atoms with Crippen LogP contribution in [0.4, 0.5) is 5.82 Å². The molecule has 2 aromatic rings. The van der Waals surface area contributed by atoms with Crippen LogP contribution in [0.25, 0.3) is 0 Å². The molecule has 156 valence electrons. The maximum Gasteiger partial charge on any atom is 0.287 e. The average Bonchev–Trinajstić information content (AvgIpc) is 3.44. The van der Waals surface area contributed by atoms with E-state index >= 15 is 0 Å². The molecule has 7 nitrogen and oxygen atoms in total. The van der Waals surface area contributed by atoms with E-state index in [4.69, 9.17) is 9.40 Å². The first-order valence-corrected chi connectivity index (χ1v) is 11.6. The first kappa shape index (κ1) is 20.2. The monoisotopic (exact) mass is 416 g/mol. The number of nitrogens with one attached hydrogen (secondary N) is 2. The van der Waals surface area contributed by atoms with E-state index in [0.717, 1.165) is 67.9 Å². The fourth-order valence-corrected chi connectivity index (χ4v) is 4.24. The molecule has 1 aliphatic carbocycles. The Morgan fingerprint density at radius 2 is 2.07 bits per heavy atom. The Morgan fingerprint density at radius 1 is 1.28 bits per heavy atom. The van der Waals surface area contributed by atoms with E-state index in [2.05, 4.69) is 35.1 Å². The number of furan rings is 1. The number of nitrogens with zero attached hydrogens (tertiary/aromatic N) is 3. The molecule has 2 aliphatic rings. The number of thioether (sulfide) groups is 1. The van der Waals surface area contributed by atoms with Crippen molar-refractivity contribution in [3.8, 4) is 0 Å². The molecule has 0 atom stereocenters. The van der Waals surface area contributed by atoms with Gasteiger partial charge in [0.05, 0.1) is 38.5 Å². The summed E-state index contributed by atoms with van der Waals surface area (Å²) in [7, 11) is 0. The van der Waals surface area contributed by atoms with Crippen molar-refractivity contribution in [2.75, 3.05) is 37.6 Å². The van der Waals surface area contributed by atoms with Gasteiger partial charge in [-0.2, -0.15) is 0 Å². The summed E-state index contributed by atoms with van der Waals surface area (Å²) in [6.07, 6.45) is 3.02. The summed E-state index contributed by atoms with van der Waals surface area (Å²) in [5.41, 5.74) is 1.06. The molecule has 1 aliphatic heterocycles. The van der Waals surface area contributed by atoms with Gasteiger partial charge in [-0.3, -0.25) is 4.79 Å². The van der Waals surface area contributed by atoms with Crippen LogP contribution >= 0.6 is 11.8 Å². The zero-order valence-corrected chi connectivity index (χ0v) is 18.1. The highest BCUT2D eigenvalue weighted by Gasteiger charge is 2.25. The first-order chi connectivity index (χ1) is 14.1. The van der Waals surface area contributed by atoms with E-state index in [9.17, 15) is 4.79 Å². The van der Waals surface area contributed by atoms with E-state index in [1.165, 1.54) is 6.54 Å². The van der Waals surface area contributed by atoms with Gasteiger partial charge in [0.25, 0.3) is 5.91 Å². The Bertz CT molecular complexity index is 843. The number of rotatable bonds is 8. The topological polar surface area (TPSA) is 75.7 Å². The van der Waals surface area contributed by atoms with Gasteiger partial charge in [0.2, 0.25) is 0 Å². The Hall–Kier alpha value is -2.06. The molecule has 8 heteroatoms. The molecule has 4 rings (SSSR count). The number of hydrogen-bond acceptors (Lipinski definition) is 6. The largest absolute Gasteiger partial charge is 0.455 e. The van der Waals surface area contributed by atoms with Crippen LogP contribution in [0.2, 0.25) is 0 Å². The molecule has 2 N–H and O–H groups in total. The van der Waals surface area contributed by atoms with Crippen LogP contribution in [-0.2, 0) is 12.2 Å². The molecule has 0 spiro atoms. The van der Waals surface area contributed by atoms with Crippen LogP contribution in [0.3, 0.4) is 0 Å². The van der Waals surface area contributed by atoms with E-state index in [0.29, 0.717) is 17.6 Å². The van der Waals surface area contributed by atoms with Crippen molar-refractivity contribution in [1.82, 2.24) is 15.3 Å². The van der Waals surface area contributed by atoms with Gasteiger partial charge >= 0.3 is 0 Å². The van der Waals surface area contributed by atoms with Gasteiger partial charge in [0.15, 0.2) is 10.9 Å². The molecule has 29 heavy (non-hydrogen) atoms.